The summed E-state index contributed by atoms with van der Waals surface area (Å²) in [5.41, 5.74) is 7.59. The highest BCUT2D eigenvalue weighted by molar-refractivity contribution is 7.11. The predicted molar refractivity (Wildman–Crippen MR) is 88.7 cm³/mol. The number of thiazole rings is 1. The molecule has 1 aliphatic heterocycles. The third-order valence-corrected chi connectivity index (χ3v) is 4.54. The van der Waals surface area contributed by atoms with Gasteiger partial charge in [0.15, 0.2) is 6.10 Å². The van der Waals surface area contributed by atoms with Gasteiger partial charge in [-0.15, -0.1) is 11.3 Å². The molecule has 1 unspecified atom stereocenters. The molecule has 0 saturated heterocycles. The number of amides is 2. The summed E-state index contributed by atoms with van der Waals surface area (Å²) in [6.07, 6.45) is -0.643. The predicted octanol–water partition coefficient (Wildman–Crippen LogP) is 2.03. The Balaban J connectivity index is 2.10. The van der Waals surface area contributed by atoms with Crippen molar-refractivity contribution in [2.45, 2.75) is 26.9 Å². The minimum atomic E-state index is -0.643. The lowest BCUT2D eigenvalue weighted by Gasteiger charge is -2.32. The highest BCUT2D eigenvalue weighted by Crippen LogP contribution is 2.38. The SMILES string of the molecule is Cc1nc(-c2ccc3c(c2)N(CC(N)=O)C(=O)C(C)O3)c(C)s1. The molecule has 0 radical (unpaired) electrons. The van der Waals surface area contributed by atoms with Crippen LogP contribution in [-0.4, -0.2) is 29.4 Å². The minimum Gasteiger partial charge on any atom is -0.479 e. The number of benzene rings is 1. The normalized spacial score (nSPS) is 16.9. The van der Waals surface area contributed by atoms with Crippen LogP contribution in [0.1, 0.15) is 16.8 Å². The van der Waals surface area contributed by atoms with Gasteiger partial charge in [-0.3, -0.25) is 14.5 Å². The van der Waals surface area contributed by atoms with E-state index < -0.39 is 12.0 Å². The molecule has 2 heterocycles. The van der Waals surface area contributed by atoms with Gasteiger partial charge in [0.25, 0.3) is 5.91 Å². The molecule has 2 amide bonds. The fourth-order valence-corrected chi connectivity index (χ4v) is 3.51. The third-order valence-electron chi connectivity index (χ3n) is 3.66. The fourth-order valence-electron chi connectivity index (χ4n) is 2.67. The van der Waals surface area contributed by atoms with E-state index in [1.807, 2.05) is 26.0 Å². The van der Waals surface area contributed by atoms with Gasteiger partial charge in [0, 0.05) is 10.4 Å². The minimum absolute atomic E-state index is 0.169. The van der Waals surface area contributed by atoms with Crippen LogP contribution in [0.4, 0.5) is 5.69 Å². The van der Waals surface area contributed by atoms with E-state index in [2.05, 4.69) is 4.98 Å². The second kappa shape index (κ2) is 5.66. The number of nitrogens with zero attached hydrogens (tertiary/aromatic N) is 2. The zero-order valence-corrected chi connectivity index (χ0v) is 13.9. The van der Waals surface area contributed by atoms with E-state index in [1.165, 1.54) is 4.90 Å². The molecule has 1 aliphatic rings. The average molecular weight is 331 g/mol. The number of hydrogen-bond acceptors (Lipinski definition) is 5. The average Bonchev–Trinajstić information content (AvgIpc) is 2.82. The molecule has 1 atom stereocenters. The highest BCUT2D eigenvalue weighted by atomic mass is 32.1. The van der Waals surface area contributed by atoms with Gasteiger partial charge in [0.1, 0.15) is 12.3 Å². The van der Waals surface area contributed by atoms with E-state index in [0.29, 0.717) is 11.4 Å². The first kappa shape index (κ1) is 15.5. The number of primary amides is 1. The van der Waals surface area contributed by atoms with Crippen LogP contribution in [0.25, 0.3) is 11.3 Å². The number of ether oxygens (including phenoxy) is 1. The first-order valence-electron chi connectivity index (χ1n) is 7.21. The van der Waals surface area contributed by atoms with Gasteiger partial charge in [-0.25, -0.2) is 4.98 Å². The molecule has 7 heteroatoms. The largest absolute Gasteiger partial charge is 0.479 e. The molecule has 2 aromatic rings. The Morgan fingerprint density at radius 1 is 1.43 bits per heavy atom. The first-order chi connectivity index (χ1) is 10.9. The molecule has 0 saturated carbocycles. The third kappa shape index (κ3) is 2.79. The maximum atomic E-state index is 12.3. The molecule has 2 N–H and O–H groups in total. The lowest BCUT2D eigenvalue weighted by atomic mass is 10.1. The van der Waals surface area contributed by atoms with Crippen LogP contribution < -0.4 is 15.4 Å². The Bertz CT molecular complexity index is 800. The second-order valence-electron chi connectivity index (χ2n) is 5.47. The van der Waals surface area contributed by atoms with Gasteiger partial charge < -0.3 is 10.5 Å². The zero-order valence-electron chi connectivity index (χ0n) is 13.1. The monoisotopic (exact) mass is 331 g/mol. The molecule has 6 nitrogen and oxygen atoms in total. The zero-order chi connectivity index (χ0) is 16.7. The van der Waals surface area contributed by atoms with Crippen molar-refractivity contribution >= 4 is 28.8 Å². The topological polar surface area (TPSA) is 85.5 Å². The van der Waals surface area contributed by atoms with Crippen LogP contribution in [0.2, 0.25) is 0 Å². The molecule has 0 aliphatic carbocycles. The smallest absolute Gasteiger partial charge is 0.268 e. The summed E-state index contributed by atoms with van der Waals surface area (Å²) < 4.78 is 5.62. The number of aryl methyl sites for hydroxylation is 2. The van der Waals surface area contributed by atoms with Crippen LogP contribution in [0.5, 0.6) is 5.75 Å². The van der Waals surface area contributed by atoms with Crippen molar-refractivity contribution in [3.8, 4) is 17.0 Å². The Hall–Kier alpha value is -2.41. The quantitative estimate of drug-likeness (QED) is 0.932. The van der Waals surface area contributed by atoms with E-state index in [0.717, 1.165) is 21.1 Å². The van der Waals surface area contributed by atoms with E-state index >= 15 is 0 Å². The van der Waals surface area contributed by atoms with Gasteiger partial charge in [-0.2, -0.15) is 0 Å². The maximum Gasteiger partial charge on any atom is 0.268 e. The standard InChI is InChI=1S/C16H17N3O3S/c1-8-16(21)19(7-14(17)20)12-6-11(4-5-13(12)22-8)15-9(2)23-10(3)18-15/h4-6,8H,7H2,1-3H3,(H2,17,20). The molecular weight excluding hydrogens is 314 g/mol. The van der Waals surface area contributed by atoms with E-state index in [9.17, 15) is 9.59 Å². The number of carbonyl (C=O) groups is 2. The number of hydrogen-bond donors (Lipinski definition) is 1. The number of anilines is 1. The van der Waals surface area contributed by atoms with Gasteiger partial charge in [0.05, 0.1) is 16.4 Å². The van der Waals surface area contributed by atoms with E-state index in [-0.39, 0.29) is 12.5 Å². The Morgan fingerprint density at radius 3 is 2.78 bits per heavy atom. The summed E-state index contributed by atoms with van der Waals surface area (Å²) in [6, 6.07) is 5.53. The molecule has 0 bridgehead atoms. The van der Waals surface area contributed by atoms with Crippen molar-refractivity contribution in [1.29, 1.82) is 0 Å². The molecule has 0 spiro atoms. The molecule has 120 valence electrons. The summed E-state index contributed by atoms with van der Waals surface area (Å²) in [5.74, 6) is -0.282. The lowest BCUT2D eigenvalue weighted by Crippen LogP contribution is -2.47. The summed E-state index contributed by atoms with van der Waals surface area (Å²) in [5, 5.41) is 0.977. The molecule has 1 aromatic carbocycles. The van der Waals surface area contributed by atoms with Crippen molar-refractivity contribution in [2.24, 2.45) is 5.73 Å². The van der Waals surface area contributed by atoms with Gasteiger partial charge in [-0.1, -0.05) is 0 Å². The Labute approximate surface area is 137 Å². The Morgan fingerprint density at radius 2 is 2.17 bits per heavy atom. The van der Waals surface area contributed by atoms with Gasteiger partial charge in [0.2, 0.25) is 5.91 Å². The van der Waals surface area contributed by atoms with E-state index in [4.69, 9.17) is 10.5 Å². The first-order valence-corrected chi connectivity index (χ1v) is 8.03. The number of aromatic nitrogens is 1. The molecule has 1 aromatic heterocycles. The van der Waals surface area contributed by atoms with Crippen LogP contribution >= 0.6 is 11.3 Å². The van der Waals surface area contributed by atoms with Crippen molar-refractivity contribution in [3.63, 3.8) is 0 Å². The summed E-state index contributed by atoms with van der Waals surface area (Å²) >= 11 is 1.62. The maximum absolute atomic E-state index is 12.3. The van der Waals surface area contributed by atoms with Crippen molar-refractivity contribution in [2.75, 3.05) is 11.4 Å². The number of fused-ring (bicyclic) bond motifs is 1. The molecule has 0 fully saturated rings. The summed E-state index contributed by atoms with van der Waals surface area (Å²) in [7, 11) is 0. The molecule has 23 heavy (non-hydrogen) atoms. The summed E-state index contributed by atoms with van der Waals surface area (Å²) in [4.78, 5) is 30.6. The van der Waals surface area contributed by atoms with Gasteiger partial charge >= 0.3 is 0 Å². The summed E-state index contributed by atoms with van der Waals surface area (Å²) in [6.45, 7) is 5.44. The number of nitrogens with two attached hydrogens (primary N) is 1. The second-order valence-corrected chi connectivity index (χ2v) is 6.88. The van der Waals surface area contributed by atoms with Crippen LogP contribution in [0.3, 0.4) is 0 Å². The molecule has 3 rings (SSSR count). The van der Waals surface area contributed by atoms with Gasteiger partial charge in [-0.05, 0) is 39.0 Å². The number of carbonyl (C=O) groups excluding carboxylic acids is 2. The van der Waals surface area contributed by atoms with Crippen LogP contribution in [0, 0.1) is 13.8 Å². The van der Waals surface area contributed by atoms with Crippen molar-refractivity contribution < 1.29 is 14.3 Å². The van der Waals surface area contributed by atoms with Crippen LogP contribution in [0.15, 0.2) is 18.2 Å². The molecular formula is C16H17N3O3S. The number of rotatable bonds is 3. The highest BCUT2D eigenvalue weighted by Gasteiger charge is 2.32. The van der Waals surface area contributed by atoms with Crippen LogP contribution in [-0.2, 0) is 9.59 Å². The fraction of sp³-hybridized carbons (Fsp3) is 0.312. The lowest BCUT2D eigenvalue weighted by molar-refractivity contribution is -0.127. The van der Waals surface area contributed by atoms with Crippen molar-refractivity contribution in [3.05, 3.63) is 28.1 Å². The van der Waals surface area contributed by atoms with E-state index in [1.54, 1.807) is 24.3 Å². The van der Waals surface area contributed by atoms with Crippen molar-refractivity contribution in [1.82, 2.24) is 4.98 Å². The Kier molecular flexibility index (Phi) is 3.81.